The number of aromatic amines is 1. The Labute approximate surface area is 112 Å². The van der Waals surface area contributed by atoms with Crippen LogP contribution in [-0.2, 0) is 4.74 Å². The van der Waals surface area contributed by atoms with E-state index in [0.29, 0.717) is 17.3 Å². The topological polar surface area (TPSA) is 64.2 Å². The average molecular weight is 311 g/mol. The van der Waals surface area contributed by atoms with Crippen LogP contribution in [-0.4, -0.2) is 30.2 Å². The lowest BCUT2D eigenvalue weighted by Gasteiger charge is -2.04. The molecule has 0 unspecified atom stereocenters. The van der Waals surface area contributed by atoms with Gasteiger partial charge in [-0.1, -0.05) is 15.9 Å². The summed E-state index contributed by atoms with van der Waals surface area (Å²) in [6.45, 7) is 0. The van der Waals surface area contributed by atoms with Crippen molar-refractivity contribution in [2.75, 3.05) is 14.2 Å². The van der Waals surface area contributed by atoms with Gasteiger partial charge in [0.15, 0.2) is 0 Å². The van der Waals surface area contributed by atoms with Crippen molar-refractivity contribution in [2.45, 2.75) is 0 Å². The molecule has 0 fully saturated rings. The smallest absolute Gasteiger partial charge is 0.356 e. The van der Waals surface area contributed by atoms with Crippen LogP contribution in [0, 0.1) is 0 Å². The number of hydrogen-bond donors (Lipinski definition) is 1. The predicted molar refractivity (Wildman–Crippen MR) is 69.6 cm³/mol. The number of halogens is 1. The van der Waals surface area contributed by atoms with Crippen molar-refractivity contribution in [1.82, 2.24) is 9.97 Å². The summed E-state index contributed by atoms with van der Waals surface area (Å²) >= 11 is 3.43. The fourth-order valence-corrected chi connectivity index (χ4v) is 1.92. The summed E-state index contributed by atoms with van der Waals surface area (Å²) in [4.78, 5) is 18.4. The largest absolute Gasteiger partial charge is 0.497 e. The maximum Gasteiger partial charge on any atom is 0.356 e. The molecule has 1 aromatic heterocycles. The van der Waals surface area contributed by atoms with E-state index in [0.717, 1.165) is 10.0 Å². The number of esters is 1. The van der Waals surface area contributed by atoms with Crippen LogP contribution >= 0.6 is 15.9 Å². The first-order chi connectivity index (χ1) is 8.65. The van der Waals surface area contributed by atoms with Crippen LogP contribution < -0.4 is 4.74 Å². The van der Waals surface area contributed by atoms with Gasteiger partial charge in [0.2, 0.25) is 0 Å². The van der Waals surface area contributed by atoms with Crippen LogP contribution in [0.25, 0.3) is 11.4 Å². The van der Waals surface area contributed by atoms with Gasteiger partial charge < -0.3 is 14.5 Å². The standard InChI is InChI=1S/C12H11BrN2O3/c1-17-7-3-4-9(13)8(5-7)11-14-6-10(15-11)12(16)18-2/h3-6H,1-2H3,(H,14,15). The van der Waals surface area contributed by atoms with E-state index >= 15 is 0 Å². The normalized spacial score (nSPS) is 10.2. The maximum atomic E-state index is 11.3. The number of carbonyl (C=O) groups excluding carboxylic acids is 1. The SMILES string of the molecule is COC(=O)c1cnc(-c2cc(OC)ccc2Br)[nH]1. The summed E-state index contributed by atoms with van der Waals surface area (Å²) in [6.07, 6.45) is 1.44. The summed E-state index contributed by atoms with van der Waals surface area (Å²) in [5.74, 6) is 0.832. The number of imidazole rings is 1. The number of hydrogen-bond acceptors (Lipinski definition) is 4. The molecule has 1 N–H and O–H groups in total. The Balaban J connectivity index is 2.42. The third-order valence-corrected chi connectivity index (χ3v) is 3.10. The van der Waals surface area contributed by atoms with Gasteiger partial charge >= 0.3 is 5.97 Å². The Morgan fingerprint density at radius 2 is 2.17 bits per heavy atom. The number of benzene rings is 1. The first-order valence-electron chi connectivity index (χ1n) is 5.13. The summed E-state index contributed by atoms with van der Waals surface area (Å²) in [7, 11) is 2.92. The molecule has 0 radical (unpaired) electrons. The molecule has 0 aliphatic heterocycles. The second kappa shape index (κ2) is 5.22. The van der Waals surface area contributed by atoms with Gasteiger partial charge in [0.05, 0.1) is 20.4 Å². The minimum absolute atomic E-state index is 0.308. The van der Waals surface area contributed by atoms with Crippen LogP contribution in [0.15, 0.2) is 28.9 Å². The van der Waals surface area contributed by atoms with Crippen molar-refractivity contribution >= 4 is 21.9 Å². The molecule has 0 amide bonds. The predicted octanol–water partition coefficient (Wildman–Crippen LogP) is 2.63. The monoisotopic (exact) mass is 310 g/mol. The molecule has 94 valence electrons. The highest BCUT2D eigenvalue weighted by atomic mass is 79.9. The molecule has 5 nitrogen and oxygen atoms in total. The summed E-state index contributed by atoms with van der Waals surface area (Å²) < 4.78 is 10.6. The van der Waals surface area contributed by atoms with Gasteiger partial charge in [-0.25, -0.2) is 9.78 Å². The Morgan fingerprint density at radius 1 is 1.39 bits per heavy atom. The van der Waals surface area contributed by atoms with Gasteiger partial charge in [-0.3, -0.25) is 0 Å². The lowest BCUT2D eigenvalue weighted by atomic mass is 10.2. The Bertz CT molecular complexity index is 580. The molecule has 1 heterocycles. The second-order valence-corrected chi connectivity index (χ2v) is 4.34. The number of ether oxygens (including phenoxy) is 2. The lowest BCUT2D eigenvalue weighted by Crippen LogP contribution is -2.01. The van der Waals surface area contributed by atoms with Crippen molar-refractivity contribution in [1.29, 1.82) is 0 Å². The van der Waals surface area contributed by atoms with E-state index in [1.165, 1.54) is 13.3 Å². The molecular weight excluding hydrogens is 300 g/mol. The third-order valence-electron chi connectivity index (χ3n) is 2.41. The van der Waals surface area contributed by atoms with Crippen molar-refractivity contribution < 1.29 is 14.3 Å². The average Bonchev–Trinajstić information content (AvgIpc) is 2.88. The van der Waals surface area contributed by atoms with Gasteiger partial charge in [0.25, 0.3) is 0 Å². The number of nitrogens with one attached hydrogen (secondary N) is 1. The molecule has 2 rings (SSSR count). The second-order valence-electron chi connectivity index (χ2n) is 3.48. The first-order valence-corrected chi connectivity index (χ1v) is 5.92. The van der Waals surface area contributed by atoms with E-state index in [1.54, 1.807) is 7.11 Å². The zero-order valence-electron chi connectivity index (χ0n) is 9.86. The highest BCUT2D eigenvalue weighted by Gasteiger charge is 2.13. The molecule has 0 atom stereocenters. The van der Waals surface area contributed by atoms with Crippen molar-refractivity contribution in [3.63, 3.8) is 0 Å². The van der Waals surface area contributed by atoms with Gasteiger partial charge in [-0.2, -0.15) is 0 Å². The summed E-state index contributed by atoms with van der Waals surface area (Å²) in [6, 6.07) is 5.51. The number of methoxy groups -OCH3 is 2. The fraction of sp³-hybridized carbons (Fsp3) is 0.167. The van der Waals surface area contributed by atoms with Crippen molar-refractivity contribution in [3.05, 3.63) is 34.6 Å². The van der Waals surface area contributed by atoms with Gasteiger partial charge in [-0.05, 0) is 18.2 Å². The molecule has 1 aromatic carbocycles. The minimum atomic E-state index is -0.451. The van der Waals surface area contributed by atoms with E-state index in [4.69, 9.17) is 4.74 Å². The molecule has 2 aromatic rings. The number of H-pyrrole nitrogens is 1. The van der Waals surface area contributed by atoms with E-state index in [2.05, 4.69) is 30.6 Å². The molecular formula is C12H11BrN2O3. The summed E-state index contributed by atoms with van der Waals surface area (Å²) in [5, 5.41) is 0. The zero-order valence-corrected chi connectivity index (χ0v) is 11.4. The molecule has 0 saturated carbocycles. The van der Waals surface area contributed by atoms with Crippen LogP contribution in [0.1, 0.15) is 10.5 Å². The quantitative estimate of drug-likeness (QED) is 0.885. The zero-order chi connectivity index (χ0) is 13.1. The van der Waals surface area contributed by atoms with Crippen LogP contribution in [0.4, 0.5) is 0 Å². The van der Waals surface area contributed by atoms with E-state index in [9.17, 15) is 4.79 Å². The number of rotatable bonds is 3. The van der Waals surface area contributed by atoms with Crippen molar-refractivity contribution in [3.8, 4) is 17.1 Å². The molecule has 0 saturated heterocycles. The van der Waals surface area contributed by atoms with Crippen LogP contribution in [0.3, 0.4) is 0 Å². The summed E-state index contributed by atoms with van der Waals surface area (Å²) in [5.41, 5.74) is 1.12. The maximum absolute atomic E-state index is 11.3. The molecule has 0 aliphatic carbocycles. The van der Waals surface area contributed by atoms with Gasteiger partial charge in [0, 0.05) is 10.0 Å². The Morgan fingerprint density at radius 3 is 2.83 bits per heavy atom. The van der Waals surface area contributed by atoms with Gasteiger partial charge in [0.1, 0.15) is 17.3 Å². The molecule has 0 spiro atoms. The highest BCUT2D eigenvalue weighted by molar-refractivity contribution is 9.10. The van der Waals surface area contributed by atoms with Crippen LogP contribution in [0.5, 0.6) is 5.75 Å². The number of carbonyl (C=O) groups is 1. The lowest BCUT2D eigenvalue weighted by molar-refractivity contribution is 0.0595. The minimum Gasteiger partial charge on any atom is -0.497 e. The van der Waals surface area contributed by atoms with E-state index < -0.39 is 5.97 Å². The number of aromatic nitrogens is 2. The molecule has 6 heteroatoms. The highest BCUT2D eigenvalue weighted by Crippen LogP contribution is 2.29. The Hall–Kier alpha value is -1.82. The number of nitrogens with zero attached hydrogens (tertiary/aromatic N) is 1. The van der Waals surface area contributed by atoms with Crippen molar-refractivity contribution in [2.24, 2.45) is 0 Å². The van der Waals surface area contributed by atoms with Gasteiger partial charge in [-0.15, -0.1) is 0 Å². The molecule has 0 aliphatic rings. The molecule has 0 bridgehead atoms. The molecule has 18 heavy (non-hydrogen) atoms. The van der Waals surface area contributed by atoms with E-state index in [1.807, 2.05) is 18.2 Å². The first kappa shape index (κ1) is 12.6. The third kappa shape index (κ3) is 2.38. The fourth-order valence-electron chi connectivity index (χ4n) is 1.48. The Kier molecular flexibility index (Phi) is 3.66. The van der Waals surface area contributed by atoms with E-state index in [-0.39, 0.29) is 0 Å². The van der Waals surface area contributed by atoms with Crippen LogP contribution in [0.2, 0.25) is 0 Å².